The van der Waals surface area contributed by atoms with Gasteiger partial charge in [-0.3, -0.25) is 4.79 Å². The molecule has 3 heteroatoms. The Balaban J connectivity index is 1.43. The lowest BCUT2D eigenvalue weighted by Gasteiger charge is -2.24. The summed E-state index contributed by atoms with van der Waals surface area (Å²) in [6, 6.07) is 11.0. The molecule has 1 aliphatic heterocycles. The number of nitrogens with zero attached hydrogens (tertiary/aromatic N) is 1. The number of carbonyl (C=O) groups excluding carboxylic acids is 1. The Bertz CT molecular complexity index is 489. The fourth-order valence-electron chi connectivity index (χ4n) is 3.55. The van der Waals surface area contributed by atoms with Gasteiger partial charge in [0.25, 0.3) is 0 Å². The number of hydrogen-bond acceptors (Lipinski definition) is 2. The van der Waals surface area contributed by atoms with Gasteiger partial charge < -0.3 is 10.2 Å². The molecule has 2 aliphatic rings. The zero-order chi connectivity index (χ0) is 15.4. The molecule has 22 heavy (non-hydrogen) atoms. The Morgan fingerprint density at radius 3 is 2.55 bits per heavy atom. The summed E-state index contributed by atoms with van der Waals surface area (Å²) in [5.74, 6) is 0.236. The minimum atomic E-state index is 0.0509. The Labute approximate surface area is 134 Å². The van der Waals surface area contributed by atoms with Crippen LogP contribution >= 0.6 is 0 Å². The van der Waals surface area contributed by atoms with E-state index in [2.05, 4.69) is 41.4 Å². The molecular weight excluding hydrogens is 272 g/mol. The SMILES string of the molecule is CC(CCC(=O)NC1(Cc2ccccc2)CC1)N1CCCC1. The van der Waals surface area contributed by atoms with Crippen molar-refractivity contribution in [1.29, 1.82) is 0 Å². The molecule has 2 fully saturated rings. The average molecular weight is 300 g/mol. The molecule has 1 saturated carbocycles. The monoisotopic (exact) mass is 300 g/mol. The second-order valence-corrected chi connectivity index (χ2v) is 7.12. The Morgan fingerprint density at radius 1 is 1.23 bits per heavy atom. The van der Waals surface area contributed by atoms with Gasteiger partial charge in [-0.05, 0) is 64.1 Å². The third kappa shape index (κ3) is 4.10. The molecule has 0 radical (unpaired) electrons. The number of carbonyl (C=O) groups is 1. The molecule has 1 unspecified atom stereocenters. The van der Waals surface area contributed by atoms with E-state index in [4.69, 9.17) is 0 Å². The standard InChI is InChI=1S/C19H28N2O/c1-16(21-13-5-6-14-21)9-10-18(22)20-19(11-12-19)15-17-7-3-2-4-8-17/h2-4,7-8,16H,5-6,9-15H2,1H3,(H,20,22). The van der Waals surface area contributed by atoms with Crippen molar-refractivity contribution in [2.24, 2.45) is 0 Å². The highest BCUT2D eigenvalue weighted by atomic mass is 16.1. The van der Waals surface area contributed by atoms with Crippen LogP contribution in [0.4, 0.5) is 0 Å². The van der Waals surface area contributed by atoms with E-state index in [9.17, 15) is 4.79 Å². The highest BCUT2D eigenvalue weighted by molar-refractivity contribution is 5.77. The summed E-state index contributed by atoms with van der Waals surface area (Å²) in [6.07, 6.45) is 7.49. The molecule has 3 nitrogen and oxygen atoms in total. The summed E-state index contributed by atoms with van der Waals surface area (Å²) in [7, 11) is 0. The third-order valence-corrected chi connectivity index (χ3v) is 5.20. The summed E-state index contributed by atoms with van der Waals surface area (Å²) < 4.78 is 0. The summed E-state index contributed by atoms with van der Waals surface area (Å²) in [5, 5.41) is 3.30. The molecule has 1 aromatic carbocycles. The smallest absolute Gasteiger partial charge is 0.220 e. The van der Waals surface area contributed by atoms with E-state index in [1.54, 1.807) is 0 Å². The summed E-state index contributed by atoms with van der Waals surface area (Å²) in [6.45, 7) is 4.68. The van der Waals surface area contributed by atoms with Crippen molar-refractivity contribution in [1.82, 2.24) is 10.2 Å². The number of rotatable bonds is 7. The lowest BCUT2D eigenvalue weighted by Crippen LogP contribution is -2.39. The molecule has 1 heterocycles. The maximum absolute atomic E-state index is 12.3. The van der Waals surface area contributed by atoms with Crippen LogP contribution in [0.2, 0.25) is 0 Å². The average Bonchev–Trinajstić information content (AvgIpc) is 3.04. The lowest BCUT2D eigenvalue weighted by atomic mass is 10.0. The number of nitrogens with one attached hydrogen (secondary N) is 1. The molecule has 3 rings (SSSR count). The minimum Gasteiger partial charge on any atom is -0.350 e. The fraction of sp³-hybridized carbons (Fsp3) is 0.632. The van der Waals surface area contributed by atoms with Gasteiger partial charge in [0.2, 0.25) is 5.91 Å². The predicted octanol–water partition coefficient (Wildman–Crippen LogP) is 3.14. The molecule has 1 saturated heterocycles. The van der Waals surface area contributed by atoms with Gasteiger partial charge in [-0.2, -0.15) is 0 Å². The zero-order valence-corrected chi connectivity index (χ0v) is 13.7. The molecule has 1 amide bonds. The van der Waals surface area contributed by atoms with Crippen molar-refractivity contribution in [3.63, 3.8) is 0 Å². The number of hydrogen-bond donors (Lipinski definition) is 1. The van der Waals surface area contributed by atoms with Gasteiger partial charge in [0, 0.05) is 18.0 Å². The van der Waals surface area contributed by atoms with Gasteiger partial charge in [-0.15, -0.1) is 0 Å². The molecular formula is C19H28N2O. The van der Waals surface area contributed by atoms with Crippen molar-refractivity contribution in [3.8, 4) is 0 Å². The van der Waals surface area contributed by atoms with E-state index < -0.39 is 0 Å². The van der Waals surface area contributed by atoms with Crippen molar-refractivity contribution in [3.05, 3.63) is 35.9 Å². The van der Waals surface area contributed by atoms with E-state index in [1.165, 1.54) is 31.5 Å². The van der Waals surface area contributed by atoms with Crippen LogP contribution in [0.1, 0.15) is 51.0 Å². The van der Waals surface area contributed by atoms with Crippen molar-refractivity contribution < 1.29 is 4.79 Å². The first-order valence-electron chi connectivity index (χ1n) is 8.76. The van der Waals surface area contributed by atoms with Gasteiger partial charge in [0.05, 0.1) is 0 Å². The molecule has 1 atom stereocenters. The Morgan fingerprint density at radius 2 is 1.91 bits per heavy atom. The highest BCUT2D eigenvalue weighted by Gasteiger charge is 2.43. The van der Waals surface area contributed by atoms with Crippen LogP contribution in [0, 0.1) is 0 Å². The van der Waals surface area contributed by atoms with Gasteiger partial charge in [-0.1, -0.05) is 30.3 Å². The molecule has 1 aliphatic carbocycles. The highest BCUT2D eigenvalue weighted by Crippen LogP contribution is 2.38. The third-order valence-electron chi connectivity index (χ3n) is 5.20. The largest absolute Gasteiger partial charge is 0.350 e. The second kappa shape index (κ2) is 6.82. The maximum atomic E-state index is 12.3. The zero-order valence-electron chi connectivity index (χ0n) is 13.7. The first-order valence-corrected chi connectivity index (χ1v) is 8.76. The van der Waals surface area contributed by atoms with E-state index in [-0.39, 0.29) is 11.4 Å². The van der Waals surface area contributed by atoms with E-state index in [1.807, 2.05) is 6.07 Å². The van der Waals surface area contributed by atoms with Crippen molar-refractivity contribution >= 4 is 5.91 Å². The second-order valence-electron chi connectivity index (χ2n) is 7.12. The summed E-state index contributed by atoms with van der Waals surface area (Å²) >= 11 is 0. The van der Waals surface area contributed by atoms with Crippen molar-refractivity contribution in [2.45, 2.75) is 63.5 Å². The lowest BCUT2D eigenvalue weighted by molar-refractivity contribution is -0.122. The molecule has 0 spiro atoms. The van der Waals surface area contributed by atoms with Crippen LogP contribution in [0.25, 0.3) is 0 Å². The van der Waals surface area contributed by atoms with Gasteiger partial charge >= 0.3 is 0 Å². The van der Waals surface area contributed by atoms with Crippen LogP contribution in [0.15, 0.2) is 30.3 Å². The number of likely N-dealkylation sites (tertiary alicyclic amines) is 1. The van der Waals surface area contributed by atoms with Crippen LogP contribution < -0.4 is 5.32 Å². The quantitative estimate of drug-likeness (QED) is 0.839. The van der Waals surface area contributed by atoms with Gasteiger partial charge in [-0.25, -0.2) is 0 Å². The van der Waals surface area contributed by atoms with Crippen LogP contribution in [0.3, 0.4) is 0 Å². The summed E-state index contributed by atoms with van der Waals surface area (Å²) in [5.41, 5.74) is 1.38. The topological polar surface area (TPSA) is 32.3 Å². The minimum absolute atomic E-state index is 0.0509. The number of benzene rings is 1. The molecule has 120 valence electrons. The van der Waals surface area contributed by atoms with E-state index in [0.717, 1.165) is 25.7 Å². The molecule has 0 bridgehead atoms. The van der Waals surface area contributed by atoms with Gasteiger partial charge in [0.1, 0.15) is 0 Å². The van der Waals surface area contributed by atoms with E-state index in [0.29, 0.717) is 12.5 Å². The predicted molar refractivity (Wildman–Crippen MR) is 89.8 cm³/mol. The van der Waals surface area contributed by atoms with Crippen LogP contribution in [-0.4, -0.2) is 35.5 Å². The fourth-order valence-corrected chi connectivity index (χ4v) is 3.55. The Hall–Kier alpha value is -1.35. The first kappa shape index (κ1) is 15.5. The normalized spacial score (nSPS) is 21.5. The molecule has 1 aromatic rings. The molecule has 0 aromatic heterocycles. The van der Waals surface area contributed by atoms with Crippen molar-refractivity contribution in [2.75, 3.05) is 13.1 Å². The van der Waals surface area contributed by atoms with Gasteiger partial charge in [0.15, 0.2) is 0 Å². The first-order chi connectivity index (χ1) is 10.7. The van der Waals surface area contributed by atoms with Crippen LogP contribution in [-0.2, 0) is 11.2 Å². The number of amides is 1. The Kier molecular flexibility index (Phi) is 4.82. The van der Waals surface area contributed by atoms with E-state index >= 15 is 0 Å². The maximum Gasteiger partial charge on any atom is 0.220 e. The van der Waals surface area contributed by atoms with Crippen LogP contribution in [0.5, 0.6) is 0 Å². The summed E-state index contributed by atoms with van der Waals surface area (Å²) in [4.78, 5) is 14.8. The molecule has 1 N–H and O–H groups in total.